The third kappa shape index (κ3) is 3.98. The number of hydrogen-bond donors (Lipinski definition) is 0. The Morgan fingerprint density at radius 3 is 2.14 bits per heavy atom. The van der Waals surface area contributed by atoms with Crippen LogP contribution in [-0.2, 0) is 0 Å². The molecular formula is C16H24BrN5. The monoisotopic (exact) mass is 365 g/mol. The maximum Gasteiger partial charge on any atom is 0.134 e. The number of piperazine rings is 1. The Morgan fingerprint density at radius 2 is 1.55 bits per heavy atom. The van der Waals surface area contributed by atoms with E-state index in [0.717, 1.165) is 61.9 Å². The molecule has 1 aromatic rings. The standard InChI is InChI=1S/C16H24BrN5/c1-14(17)12-20-7-9-22(10-8-20)16-11-15(18-13-19-16)21-5-3-2-4-6-21/h11,13H,1-10,12H2. The molecule has 22 heavy (non-hydrogen) atoms. The van der Waals surface area contributed by atoms with Crippen LogP contribution in [0, 0.1) is 0 Å². The Balaban J connectivity index is 1.62. The Bertz CT molecular complexity index is 507. The average Bonchev–Trinajstić information content (AvgIpc) is 2.56. The van der Waals surface area contributed by atoms with Gasteiger partial charge in [-0.2, -0.15) is 0 Å². The topological polar surface area (TPSA) is 35.5 Å². The maximum absolute atomic E-state index is 4.49. The van der Waals surface area contributed by atoms with Gasteiger partial charge in [0.2, 0.25) is 0 Å². The molecule has 3 heterocycles. The SMILES string of the molecule is C=C(Br)CN1CCN(c2cc(N3CCCCC3)ncn2)CC1. The van der Waals surface area contributed by atoms with Crippen LogP contribution in [-0.4, -0.2) is 60.7 Å². The molecule has 0 atom stereocenters. The summed E-state index contributed by atoms with van der Waals surface area (Å²) in [6.07, 6.45) is 5.60. The lowest BCUT2D eigenvalue weighted by Gasteiger charge is -2.35. The summed E-state index contributed by atoms with van der Waals surface area (Å²) in [5, 5.41) is 0. The Morgan fingerprint density at radius 1 is 0.955 bits per heavy atom. The number of piperidine rings is 1. The van der Waals surface area contributed by atoms with Crippen molar-refractivity contribution in [2.75, 3.05) is 55.6 Å². The van der Waals surface area contributed by atoms with E-state index in [1.54, 1.807) is 6.33 Å². The minimum Gasteiger partial charge on any atom is -0.356 e. The first-order valence-corrected chi connectivity index (χ1v) is 8.89. The largest absolute Gasteiger partial charge is 0.356 e. The fraction of sp³-hybridized carbons (Fsp3) is 0.625. The van der Waals surface area contributed by atoms with Gasteiger partial charge in [0.05, 0.1) is 0 Å². The molecule has 0 amide bonds. The third-order valence-electron chi connectivity index (χ3n) is 4.41. The highest BCUT2D eigenvalue weighted by atomic mass is 79.9. The number of rotatable bonds is 4. The summed E-state index contributed by atoms with van der Waals surface area (Å²) in [6, 6.07) is 2.16. The predicted octanol–water partition coefficient (Wildman–Crippen LogP) is 2.50. The van der Waals surface area contributed by atoms with Crippen molar-refractivity contribution in [2.24, 2.45) is 0 Å². The van der Waals surface area contributed by atoms with Gasteiger partial charge in [-0.3, -0.25) is 4.90 Å². The van der Waals surface area contributed by atoms with E-state index in [4.69, 9.17) is 0 Å². The van der Waals surface area contributed by atoms with Gasteiger partial charge in [-0.05, 0) is 19.3 Å². The van der Waals surface area contributed by atoms with Crippen LogP contribution in [0.4, 0.5) is 11.6 Å². The lowest BCUT2D eigenvalue weighted by atomic mass is 10.1. The van der Waals surface area contributed by atoms with E-state index >= 15 is 0 Å². The van der Waals surface area contributed by atoms with E-state index in [1.165, 1.54) is 19.3 Å². The van der Waals surface area contributed by atoms with Crippen LogP contribution < -0.4 is 9.80 Å². The summed E-state index contributed by atoms with van der Waals surface area (Å²) >= 11 is 3.45. The van der Waals surface area contributed by atoms with Crippen LogP contribution in [0.1, 0.15) is 19.3 Å². The van der Waals surface area contributed by atoms with Crippen LogP contribution in [0.5, 0.6) is 0 Å². The summed E-state index contributed by atoms with van der Waals surface area (Å²) < 4.78 is 1.05. The second-order valence-electron chi connectivity index (χ2n) is 6.06. The number of hydrogen-bond acceptors (Lipinski definition) is 5. The van der Waals surface area contributed by atoms with Crippen LogP contribution in [0.25, 0.3) is 0 Å². The molecule has 1 aromatic heterocycles. The molecule has 0 aromatic carbocycles. The Kier molecular flexibility index (Phi) is 5.31. The van der Waals surface area contributed by atoms with E-state index in [9.17, 15) is 0 Å². The highest BCUT2D eigenvalue weighted by molar-refractivity contribution is 9.11. The molecule has 2 aliphatic rings. The zero-order valence-corrected chi connectivity index (χ0v) is 14.6. The number of nitrogens with zero attached hydrogens (tertiary/aromatic N) is 5. The molecule has 5 nitrogen and oxygen atoms in total. The number of aromatic nitrogens is 2. The normalized spacial score (nSPS) is 20.2. The molecule has 0 saturated carbocycles. The van der Waals surface area contributed by atoms with Gasteiger partial charge in [0.25, 0.3) is 0 Å². The van der Waals surface area contributed by atoms with Crippen molar-refractivity contribution >= 4 is 27.6 Å². The summed E-state index contributed by atoms with van der Waals surface area (Å²) in [6.45, 7) is 11.2. The van der Waals surface area contributed by atoms with Crippen molar-refractivity contribution in [1.82, 2.24) is 14.9 Å². The fourth-order valence-electron chi connectivity index (χ4n) is 3.18. The van der Waals surface area contributed by atoms with Gasteiger partial charge in [-0.1, -0.05) is 22.5 Å². The minimum atomic E-state index is 0.927. The van der Waals surface area contributed by atoms with Crippen molar-refractivity contribution in [3.05, 3.63) is 23.5 Å². The van der Waals surface area contributed by atoms with Crippen molar-refractivity contribution in [3.63, 3.8) is 0 Å². The van der Waals surface area contributed by atoms with Crippen molar-refractivity contribution in [1.29, 1.82) is 0 Å². The summed E-state index contributed by atoms with van der Waals surface area (Å²) in [5.41, 5.74) is 0. The van der Waals surface area contributed by atoms with Crippen LogP contribution in [0.3, 0.4) is 0 Å². The average molecular weight is 366 g/mol. The van der Waals surface area contributed by atoms with Gasteiger partial charge in [0.1, 0.15) is 18.0 Å². The van der Waals surface area contributed by atoms with Gasteiger partial charge < -0.3 is 9.80 Å². The molecular weight excluding hydrogens is 342 g/mol. The first-order valence-electron chi connectivity index (χ1n) is 8.10. The first-order chi connectivity index (χ1) is 10.7. The lowest BCUT2D eigenvalue weighted by molar-refractivity contribution is 0.282. The van der Waals surface area contributed by atoms with Crippen LogP contribution in [0.2, 0.25) is 0 Å². The molecule has 6 heteroatoms. The zero-order valence-electron chi connectivity index (χ0n) is 13.0. The van der Waals surface area contributed by atoms with Gasteiger partial charge in [-0.25, -0.2) is 9.97 Å². The molecule has 120 valence electrons. The number of halogens is 1. The molecule has 0 N–H and O–H groups in total. The summed E-state index contributed by atoms with van der Waals surface area (Å²) in [7, 11) is 0. The first kappa shape index (κ1) is 15.7. The molecule has 0 spiro atoms. The Labute approximate surface area is 141 Å². The quantitative estimate of drug-likeness (QED) is 0.818. The molecule has 0 bridgehead atoms. The van der Waals surface area contributed by atoms with E-state index in [1.807, 2.05) is 0 Å². The molecule has 0 unspecified atom stereocenters. The second-order valence-corrected chi connectivity index (χ2v) is 7.18. The highest BCUT2D eigenvalue weighted by Crippen LogP contribution is 2.22. The van der Waals surface area contributed by atoms with Gasteiger partial charge in [0.15, 0.2) is 0 Å². The van der Waals surface area contributed by atoms with Crippen LogP contribution >= 0.6 is 15.9 Å². The van der Waals surface area contributed by atoms with Crippen LogP contribution in [0.15, 0.2) is 23.5 Å². The molecule has 3 rings (SSSR count). The van der Waals surface area contributed by atoms with E-state index in [0.29, 0.717) is 0 Å². The molecule has 0 aliphatic carbocycles. The number of anilines is 2. The van der Waals surface area contributed by atoms with E-state index in [2.05, 4.69) is 53.2 Å². The Hall–Kier alpha value is -1.14. The van der Waals surface area contributed by atoms with Gasteiger partial charge in [-0.15, -0.1) is 0 Å². The third-order valence-corrected chi connectivity index (χ3v) is 4.66. The van der Waals surface area contributed by atoms with Gasteiger partial charge >= 0.3 is 0 Å². The van der Waals surface area contributed by atoms with E-state index < -0.39 is 0 Å². The molecule has 2 saturated heterocycles. The summed E-state index contributed by atoms with van der Waals surface area (Å²) in [5.74, 6) is 2.15. The minimum absolute atomic E-state index is 0.927. The lowest BCUT2D eigenvalue weighted by Crippen LogP contribution is -2.47. The fourth-order valence-corrected chi connectivity index (χ4v) is 3.54. The molecule has 0 radical (unpaired) electrons. The van der Waals surface area contributed by atoms with Gasteiger partial charge in [0, 0.05) is 56.4 Å². The van der Waals surface area contributed by atoms with Crippen molar-refractivity contribution < 1.29 is 0 Å². The second kappa shape index (κ2) is 7.42. The smallest absolute Gasteiger partial charge is 0.134 e. The van der Waals surface area contributed by atoms with Crippen molar-refractivity contribution in [2.45, 2.75) is 19.3 Å². The predicted molar refractivity (Wildman–Crippen MR) is 94.8 cm³/mol. The zero-order chi connectivity index (χ0) is 15.4. The molecule has 2 aliphatic heterocycles. The summed E-state index contributed by atoms with van der Waals surface area (Å²) in [4.78, 5) is 16.1. The van der Waals surface area contributed by atoms with Crippen molar-refractivity contribution in [3.8, 4) is 0 Å². The highest BCUT2D eigenvalue weighted by Gasteiger charge is 2.19. The van der Waals surface area contributed by atoms with E-state index in [-0.39, 0.29) is 0 Å². The maximum atomic E-state index is 4.49. The molecule has 2 fully saturated rings.